The molecule has 1 saturated carbocycles. The van der Waals surface area contributed by atoms with Crippen molar-refractivity contribution in [2.24, 2.45) is 5.92 Å². The highest BCUT2D eigenvalue weighted by Crippen LogP contribution is 2.27. The van der Waals surface area contributed by atoms with E-state index < -0.39 is 23.8 Å². The largest absolute Gasteiger partial charge is 0.508 e. The third-order valence-corrected chi connectivity index (χ3v) is 8.73. The van der Waals surface area contributed by atoms with Crippen molar-refractivity contribution in [3.8, 4) is 5.75 Å². The van der Waals surface area contributed by atoms with Gasteiger partial charge in [-0.05, 0) is 75.2 Å². The zero-order chi connectivity index (χ0) is 26.8. The summed E-state index contributed by atoms with van der Waals surface area (Å²) in [7, 11) is 0. The molecule has 1 aromatic carbocycles. The van der Waals surface area contributed by atoms with Gasteiger partial charge < -0.3 is 20.5 Å². The topological polar surface area (TPSA) is 108 Å². The number of rotatable bonds is 9. The molecule has 1 aliphatic heterocycles. The van der Waals surface area contributed by atoms with Crippen molar-refractivity contribution >= 4 is 41.4 Å². The number of ether oxygens (including phenoxy) is 1. The number of hydrogen-bond acceptors (Lipinski definition) is 7. The summed E-state index contributed by atoms with van der Waals surface area (Å²) in [5.41, 5.74) is 0.193. The first-order chi connectivity index (χ1) is 17.6. The Kier molecular flexibility index (Phi) is 11.3. The molecule has 0 aromatic heterocycles. The van der Waals surface area contributed by atoms with E-state index in [1.165, 1.54) is 37.0 Å². The predicted molar refractivity (Wildman–Crippen MR) is 150 cm³/mol. The molecule has 10 heteroatoms. The smallest absolute Gasteiger partial charge is 0.411 e. The molecule has 2 aliphatic rings. The summed E-state index contributed by atoms with van der Waals surface area (Å²) in [6.45, 7) is 5.70. The first-order valence-corrected chi connectivity index (χ1v) is 15.4. The van der Waals surface area contributed by atoms with Crippen LogP contribution in [-0.2, 0) is 20.9 Å². The van der Waals surface area contributed by atoms with Gasteiger partial charge in [0.15, 0.2) is 0 Å². The second-order valence-electron chi connectivity index (χ2n) is 10.8. The van der Waals surface area contributed by atoms with Crippen LogP contribution in [0.25, 0.3) is 0 Å². The summed E-state index contributed by atoms with van der Waals surface area (Å²) in [6, 6.07) is 5.26. The Morgan fingerprint density at radius 1 is 1.14 bits per heavy atom. The number of hydrogen-bond donors (Lipinski definition) is 3. The lowest BCUT2D eigenvalue weighted by atomic mass is 9.91. The van der Waals surface area contributed by atoms with Gasteiger partial charge in [-0.2, -0.15) is 11.8 Å². The molecule has 37 heavy (non-hydrogen) atoms. The minimum absolute atomic E-state index is 0.166. The normalized spacial score (nSPS) is 19.6. The lowest BCUT2D eigenvalue weighted by molar-refractivity contribution is -0.131. The van der Waals surface area contributed by atoms with Crippen molar-refractivity contribution in [3.05, 3.63) is 29.8 Å². The molecule has 1 unspecified atom stereocenters. The maximum Gasteiger partial charge on any atom is 0.411 e. The highest BCUT2D eigenvalue weighted by molar-refractivity contribution is 7.99. The number of thioether (sulfide) groups is 2. The maximum atomic E-state index is 13.4. The van der Waals surface area contributed by atoms with Crippen molar-refractivity contribution in [2.45, 2.75) is 83.5 Å². The molecule has 3 rings (SSSR count). The minimum Gasteiger partial charge on any atom is -0.508 e. The van der Waals surface area contributed by atoms with Crippen LogP contribution in [0.4, 0.5) is 4.79 Å². The highest BCUT2D eigenvalue weighted by atomic mass is 32.2. The van der Waals surface area contributed by atoms with E-state index in [0.717, 1.165) is 17.1 Å². The maximum absolute atomic E-state index is 13.4. The van der Waals surface area contributed by atoms with Gasteiger partial charge in [-0.3, -0.25) is 14.5 Å². The van der Waals surface area contributed by atoms with Crippen LogP contribution in [0.1, 0.15) is 64.9 Å². The van der Waals surface area contributed by atoms with E-state index in [1.807, 2.05) is 0 Å². The number of benzene rings is 1. The van der Waals surface area contributed by atoms with Gasteiger partial charge >= 0.3 is 6.09 Å². The lowest BCUT2D eigenvalue weighted by Crippen LogP contribution is -2.57. The molecule has 1 saturated heterocycles. The number of aromatic hydroxyl groups is 1. The van der Waals surface area contributed by atoms with Crippen molar-refractivity contribution in [1.82, 2.24) is 15.5 Å². The lowest BCUT2D eigenvalue weighted by Gasteiger charge is -2.36. The van der Waals surface area contributed by atoms with E-state index in [-0.39, 0.29) is 17.6 Å². The zero-order valence-electron chi connectivity index (χ0n) is 22.2. The Hall–Kier alpha value is -2.07. The van der Waals surface area contributed by atoms with Crippen LogP contribution in [0, 0.1) is 5.92 Å². The molecule has 3 amide bonds. The van der Waals surface area contributed by atoms with Crippen LogP contribution < -0.4 is 10.6 Å². The van der Waals surface area contributed by atoms with Crippen LogP contribution in [0.15, 0.2) is 24.3 Å². The summed E-state index contributed by atoms with van der Waals surface area (Å²) in [5.74, 6) is 2.82. The standard InChI is InChI=1S/C27H41N3O5S2/c1-27(2,3)35-26(34)30-18-36-14-13-23(30)25(33)29-22(17-37-16-20-7-5-4-6-8-20)24(32)28-15-19-9-11-21(31)12-10-19/h9-12,20,22-23,31H,4-8,13-18H2,1-3H3,(H,28,32)(H,29,33)/t22-,23?/m0/s1. The van der Waals surface area contributed by atoms with E-state index in [1.54, 1.807) is 68.6 Å². The van der Waals surface area contributed by atoms with Crippen molar-refractivity contribution in [3.63, 3.8) is 0 Å². The predicted octanol–water partition coefficient (Wildman–Crippen LogP) is 4.51. The average molecular weight is 552 g/mol. The molecule has 0 bridgehead atoms. The molecule has 2 atom stereocenters. The number of nitrogens with zero attached hydrogens (tertiary/aromatic N) is 1. The molecule has 206 valence electrons. The molecular weight excluding hydrogens is 510 g/mol. The van der Waals surface area contributed by atoms with Gasteiger partial charge in [0.2, 0.25) is 11.8 Å². The van der Waals surface area contributed by atoms with Gasteiger partial charge in [0, 0.05) is 12.3 Å². The molecular formula is C27H41N3O5S2. The van der Waals surface area contributed by atoms with Gasteiger partial charge in [-0.1, -0.05) is 31.4 Å². The average Bonchev–Trinajstić information content (AvgIpc) is 2.87. The van der Waals surface area contributed by atoms with Crippen molar-refractivity contribution < 1.29 is 24.2 Å². The zero-order valence-corrected chi connectivity index (χ0v) is 23.8. The first kappa shape index (κ1) is 29.5. The number of carbonyl (C=O) groups is 3. The summed E-state index contributed by atoms with van der Waals surface area (Å²) in [5, 5.41) is 15.4. The summed E-state index contributed by atoms with van der Waals surface area (Å²) in [4.78, 5) is 40.8. The van der Waals surface area contributed by atoms with Crippen molar-refractivity contribution in [2.75, 3.05) is 23.1 Å². The molecule has 1 aliphatic carbocycles. The fourth-order valence-corrected chi connectivity index (χ4v) is 6.73. The van der Waals surface area contributed by atoms with E-state index >= 15 is 0 Å². The number of phenols is 1. The van der Waals surface area contributed by atoms with Gasteiger partial charge in [-0.15, -0.1) is 11.8 Å². The van der Waals surface area contributed by atoms with Crippen LogP contribution in [0.3, 0.4) is 0 Å². The van der Waals surface area contributed by atoms with Gasteiger partial charge in [0.05, 0.1) is 5.88 Å². The Morgan fingerprint density at radius 3 is 2.51 bits per heavy atom. The minimum atomic E-state index is -0.715. The van der Waals surface area contributed by atoms with E-state index in [4.69, 9.17) is 4.74 Å². The Morgan fingerprint density at radius 2 is 1.84 bits per heavy atom. The van der Waals surface area contributed by atoms with Crippen LogP contribution in [0.5, 0.6) is 5.75 Å². The molecule has 1 heterocycles. The quantitative estimate of drug-likeness (QED) is 0.415. The van der Waals surface area contributed by atoms with Gasteiger partial charge in [-0.25, -0.2) is 4.79 Å². The number of nitrogens with one attached hydrogen (secondary N) is 2. The van der Waals surface area contributed by atoms with Crippen LogP contribution in [-0.4, -0.2) is 68.7 Å². The van der Waals surface area contributed by atoms with Crippen LogP contribution in [0.2, 0.25) is 0 Å². The first-order valence-electron chi connectivity index (χ1n) is 13.1. The fraction of sp³-hybridized carbons (Fsp3) is 0.667. The summed E-state index contributed by atoms with van der Waals surface area (Å²) >= 11 is 3.29. The van der Waals surface area contributed by atoms with Crippen LogP contribution >= 0.6 is 23.5 Å². The second kappa shape index (κ2) is 14.2. The second-order valence-corrected chi connectivity index (χ2v) is 12.9. The highest BCUT2D eigenvalue weighted by Gasteiger charge is 2.36. The number of amides is 3. The molecule has 8 nitrogen and oxygen atoms in total. The third kappa shape index (κ3) is 9.96. The molecule has 0 radical (unpaired) electrons. The van der Waals surface area contributed by atoms with Gasteiger partial charge in [0.1, 0.15) is 23.4 Å². The molecule has 3 N–H and O–H groups in total. The Balaban J connectivity index is 1.64. The Bertz CT molecular complexity index is 900. The Labute approximate surface area is 229 Å². The van der Waals surface area contributed by atoms with E-state index in [9.17, 15) is 19.5 Å². The summed E-state index contributed by atoms with van der Waals surface area (Å²) in [6.07, 6.45) is 6.26. The fourth-order valence-electron chi connectivity index (χ4n) is 4.46. The summed E-state index contributed by atoms with van der Waals surface area (Å²) < 4.78 is 5.53. The number of phenolic OH excluding ortho intramolecular Hbond substituents is 1. The third-order valence-electron chi connectivity index (χ3n) is 6.47. The molecule has 2 fully saturated rings. The monoisotopic (exact) mass is 551 g/mol. The van der Waals surface area contributed by atoms with E-state index in [2.05, 4.69) is 10.6 Å². The SMILES string of the molecule is CC(C)(C)OC(=O)N1CSCCC1C(=O)N[C@@H](CSCC1CCCCC1)C(=O)NCc1ccc(O)cc1. The van der Waals surface area contributed by atoms with Crippen molar-refractivity contribution in [1.29, 1.82) is 0 Å². The molecule has 1 aromatic rings. The van der Waals surface area contributed by atoms with E-state index in [0.29, 0.717) is 30.5 Å². The number of carbonyl (C=O) groups excluding carboxylic acids is 3. The van der Waals surface area contributed by atoms with Gasteiger partial charge in [0.25, 0.3) is 0 Å². The molecule has 0 spiro atoms.